The van der Waals surface area contributed by atoms with Crippen molar-refractivity contribution in [2.24, 2.45) is 0 Å². The van der Waals surface area contributed by atoms with Crippen LogP contribution in [-0.4, -0.2) is 29.0 Å². The maximum atomic E-state index is 13.1. The summed E-state index contributed by atoms with van der Waals surface area (Å²) in [4.78, 5) is 23.7. The number of carbonyl (C=O) groups is 1. The molecular weight excluding hydrogens is 441 g/mol. The number of hydrogen-bond acceptors (Lipinski definition) is 5. The minimum absolute atomic E-state index is 0.158. The first-order valence-electron chi connectivity index (χ1n) is 11.6. The zero-order valence-electron chi connectivity index (χ0n) is 19.8. The Hall–Kier alpha value is -4.26. The van der Waals surface area contributed by atoms with Crippen LogP contribution in [0.2, 0.25) is 0 Å². The van der Waals surface area contributed by atoms with Gasteiger partial charge in [0, 0.05) is 54.5 Å². The Morgan fingerprint density at radius 2 is 1.57 bits per heavy atom. The monoisotopic (exact) mass is 469 g/mol. The lowest BCUT2D eigenvalue weighted by molar-refractivity contribution is 0.0951. The fourth-order valence-electron chi connectivity index (χ4n) is 3.75. The third-order valence-electron chi connectivity index (χ3n) is 5.73. The molecule has 1 amide bonds. The molecule has 35 heavy (non-hydrogen) atoms. The first kappa shape index (κ1) is 23.9. The Balaban J connectivity index is 1.36. The number of halogens is 1. The van der Waals surface area contributed by atoms with Crippen LogP contribution >= 0.6 is 0 Å². The van der Waals surface area contributed by atoms with E-state index in [1.54, 1.807) is 36.7 Å². The molecule has 0 unspecified atom stereocenters. The van der Waals surface area contributed by atoms with Crippen LogP contribution in [0.25, 0.3) is 11.1 Å². The first-order chi connectivity index (χ1) is 17.1. The van der Waals surface area contributed by atoms with E-state index in [4.69, 9.17) is 0 Å². The number of carbonyl (C=O) groups excluding carboxylic acids is 1. The molecule has 7 heteroatoms. The van der Waals surface area contributed by atoms with Gasteiger partial charge in [-0.15, -0.1) is 0 Å². The third-order valence-corrected chi connectivity index (χ3v) is 5.73. The summed E-state index contributed by atoms with van der Waals surface area (Å²) in [7, 11) is 0. The lowest BCUT2D eigenvalue weighted by Crippen LogP contribution is -2.23. The summed E-state index contributed by atoms with van der Waals surface area (Å²) in [6.45, 7) is 6.63. The number of benzene rings is 3. The Morgan fingerprint density at radius 1 is 0.886 bits per heavy atom. The number of nitrogens with one attached hydrogen (secondary N) is 2. The van der Waals surface area contributed by atoms with Gasteiger partial charge in [0.05, 0.1) is 0 Å². The molecule has 2 N–H and O–H groups in total. The Labute approximate surface area is 204 Å². The van der Waals surface area contributed by atoms with Crippen molar-refractivity contribution in [2.75, 3.05) is 23.3 Å². The molecule has 0 aliphatic rings. The number of aromatic nitrogens is 2. The van der Waals surface area contributed by atoms with Crippen LogP contribution in [0.5, 0.6) is 0 Å². The summed E-state index contributed by atoms with van der Waals surface area (Å²) in [6, 6.07) is 21.6. The molecule has 178 valence electrons. The molecule has 0 saturated heterocycles. The summed E-state index contributed by atoms with van der Waals surface area (Å²) in [5.74, 6) is -0.0409. The predicted octanol–water partition coefficient (Wildman–Crippen LogP) is 5.80. The summed E-state index contributed by atoms with van der Waals surface area (Å²) in [5.41, 5.74) is 5.08. The zero-order chi connectivity index (χ0) is 24.6. The molecular formula is C28H28FN5O. The minimum Gasteiger partial charge on any atom is -0.372 e. The average Bonchev–Trinajstić information content (AvgIpc) is 2.90. The number of amides is 1. The second-order valence-corrected chi connectivity index (χ2v) is 8.03. The van der Waals surface area contributed by atoms with Gasteiger partial charge in [-0.25, -0.2) is 14.4 Å². The molecule has 1 aromatic heterocycles. The standard InChI is InChI=1S/C28H28FN5O/c1-3-34(4-2)26-14-8-20(9-15-26)17-30-27(35)22-6-5-7-25(16-22)33-28-31-18-23(19-32-28)21-10-12-24(29)13-11-21/h5-16,18-19H,3-4,17H2,1-2H3,(H,30,35)(H,31,32,33). The van der Waals surface area contributed by atoms with Gasteiger partial charge in [-0.05, 0) is 67.4 Å². The van der Waals surface area contributed by atoms with Crippen LogP contribution in [-0.2, 0) is 6.54 Å². The number of anilines is 3. The van der Waals surface area contributed by atoms with Crippen molar-refractivity contribution < 1.29 is 9.18 Å². The van der Waals surface area contributed by atoms with E-state index < -0.39 is 0 Å². The van der Waals surface area contributed by atoms with E-state index in [1.165, 1.54) is 17.8 Å². The van der Waals surface area contributed by atoms with Crippen molar-refractivity contribution in [1.29, 1.82) is 0 Å². The van der Waals surface area contributed by atoms with Crippen molar-refractivity contribution in [3.63, 3.8) is 0 Å². The molecule has 0 aliphatic heterocycles. The number of nitrogens with zero attached hydrogens (tertiary/aromatic N) is 3. The first-order valence-corrected chi connectivity index (χ1v) is 11.6. The topological polar surface area (TPSA) is 70.2 Å². The van der Waals surface area contributed by atoms with Gasteiger partial charge in [0.25, 0.3) is 5.91 Å². The molecule has 0 aliphatic carbocycles. The van der Waals surface area contributed by atoms with E-state index in [1.807, 2.05) is 24.3 Å². The highest BCUT2D eigenvalue weighted by Gasteiger charge is 2.08. The van der Waals surface area contributed by atoms with Crippen molar-refractivity contribution in [3.05, 3.63) is 102 Å². The molecule has 0 saturated carbocycles. The highest BCUT2D eigenvalue weighted by atomic mass is 19.1. The fraction of sp³-hybridized carbons (Fsp3) is 0.179. The van der Waals surface area contributed by atoms with Crippen LogP contribution in [0, 0.1) is 5.82 Å². The summed E-state index contributed by atoms with van der Waals surface area (Å²) in [5, 5.41) is 6.10. The Morgan fingerprint density at radius 3 is 2.23 bits per heavy atom. The largest absolute Gasteiger partial charge is 0.372 e. The van der Waals surface area contributed by atoms with Gasteiger partial charge in [-0.3, -0.25) is 4.79 Å². The smallest absolute Gasteiger partial charge is 0.251 e. The van der Waals surface area contributed by atoms with Gasteiger partial charge in [0.1, 0.15) is 5.82 Å². The van der Waals surface area contributed by atoms with Gasteiger partial charge in [0.15, 0.2) is 0 Å². The molecule has 4 rings (SSSR count). The van der Waals surface area contributed by atoms with Crippen molar-refractivity contribution >= 4 is 23.2 Å². The summed E-state index contributed by atoms with van der Waals surface area (Å²) < 4.78 is 13.1. The molecule has 0 fully saturated rings. The van der Waals surface area contributed by atoms with Crippen LogP contribution in [0.1, 0.15) is 29.8 Å². The van der Waals surface area contributed by atoms with Crippen LogP contribution in [0.4, 0.5) is 21.7 Å². The van der Waals surface area contributed by atoms with E-state index >= 15 is 0 Å². The van der Waals surface area contributed by atoms with E-state index in [2.05, 4.69) is 51.5 Å². The van der Waals surface area contributed by atoms with Crippen LogP contribution < -0.4 is 15.5 Å². The van der Waals surface area contributed by atoms with Crippen molar-refractivity contribution in [3.8, 4) is 11.1 Å². The summed E-state index contributed by atoms with van der Waals surface area (Å²) in [6.07, 6.45) is 3.34. The lowest BCUT2D eigenvalue weighted by Gasteiger charge is -2.21. The quantitative estimate of drug-likeness (QED) is 0.324. The van der Waals surface area contributed by atoms with Gasteiger partial charge in [-0.1, -0.05) is 30.3 Å². The van der Waals surface area contributed by atoms with Crippen LogP contribution in [0.3, 0.4) is 0 Å². The Kier molecular flexibility index (Phi) is 7.67. The van der Waals surface area contributed by atoms with Crippen molar-refractivity contribution in [2.45, 2.75) is 20.4 Å². The maximum Gasteiger partial charge on any atom is 0.251 e. The van der Waals surface area contributed by atoms with Crippen LogP contribution in [0.15, 0.2) is 85.2 Å². The summed E-state index contributed by atoms with van der Waals surface area (Å²) >= 11 is 0. The molecule has 0 spiro atoms. The van der Waals surface area contributed by atoms with Gasteiger partial charge >= 0.3 is 0 Å². The van der Waals surface area contributed by atoms with E-state index in [0.717, 1.165) is 29.8 Å². The third kappa shape index (κ3) is 6.20. The highest BCUT2D eigenvalue weighted by molar-refractivity contribution is 5.95. The average molecular weight is 470 g/mol. The fourth-order valence-corrected chi connectivity index (χ4v) is 3.75. The molecule has 0 radical (unpaired) electrons. The Bertz CT molecular complexity index is 1250. The highest BCUT2D eigenvalue weighted by Crippen LogP contribution is 2.20. The maximum absolute atomic E-state index is 13.1. The van der Waals surface area contributed by atoms with E-state index in [0.29, 0.717) is 23.7 Å². The molecule has 6 nitrogen and oxygen atoms in total. The predicted molar refractivity (Wildman–Crippen MR) is 138 cm³/mol. The molecule has 1 heterocycles. The molecule has 0 bridgehead atoms. The SMILES string of the molecule is CCN(CC)c1ccc(CNC(=O)c2cccc(Nc3ncc(-c4ccc(F)cc4)cn3)c2)cc1. The lowest BCUT2D eigenvalue weighted by atomic mass is 10.1. The molecule has 0 atom stereocenters. The molecule has 4 aromatic rings. The van der Waals surface area contributed by atoms with Gasteiger partial charge in [0.2, 0.25) is 5.95 Å². The minimum atomic E-state index is -0.287. The van der Waals surface area contributed by atoms with E-state index in [9.17, 15) is 9.18 Å². The zero-order valence-corrected chi connectivity index (χ0v) is 19.8. The normalized spacial score (nSPS) is 10.6. The second kappa shape index (κ2) is 11.2. The second-order valence-electron chi connectivity index (χ2n) is 8.03. The van der Waals surface area contributed by atoms with Gasteiger partial charge < -0.3 is 15.5 Å². The van der Waals surface area contributed by atoms with E-state index in [-0.39, 0.29) is 11.7 Å². The number of rotatable bonds is 9. The van der Waals surface area contributed by atoms with Gasteiger partial charge in [-0.2, -0.15) is 0 Å². The number of hydrogen-bond donors (Lipinski definition) is 2. The molecule has 3 aromatic carbocycles. The van der Waals surface area contributed by atoms with Crippen molar-refractivity contribution in [1.82, 2.24) is 15.3 Å².